The minimum Gasteiger partial charge on any atom is -0.394 e. The highest BCUT2D eigenvalue weighted by Gasteiger charge is 2.66. The van der Waals surface area contributed by atoms with Gasteiger partial charge in [0.15, 0.2) is 12.5 Å². The van der Waals surface area contributed by atoms with Crippen molar-refractivity contribution in [1.29, 1.82) is 0 Å². The molecule has 0 radical (unpaired) electrons. The highest BCUT2D eigenvalue weighted by Crippen LogP contribution is 2.41. The number of nitrogens with one attached hydrogen (secondary N) is 2. The summed E-state index contributed by atoms with van der Waals surface area (Å²) in [4.78, 5) is 24.3. The van der Waals surface area contributed by atoms with Crippen molar-refractivity contribution in [2.75, 3.05) is 13.2 Å². The summed E-state index contributed by atoms with van der Waals surface area (Å²) in [7, 11) is -5.32. The van der Waals surface area contributed by atoms with Gasteiger partial charge in [0.1, 0.15) is 72.7 Å². The van der Waals surface area contributed by atoms with Crippen LogP contribution in [0, 0.1) is 0 Å². The summed E-state index contributed by atoms with van der Waals surface area (Å²) in [5, 5.41) is 89.9. The number of amides is 2. The fourth-order valence-corrected chi connectivity index (χ4v) is 5.96. The van der Waals surface area contributed by atoms with Crippen molar-refractivity contribution in [1.82, 2.24) is 10.6 Å². The molecular weight excluding hydrogens is 612 g/mol. The second-order valence-corrected chi connectivity index (χ2v) is 11.6. The van der Waals surface area contributed by atoms with Crippen LogP contribution in [0.2, 0.25) is 0 Å². The molecule has 21 heteroatoms. The third-order valence-electron chi connectivity index (χ3n) is 7.44. The van der Waals surface area contributed by atoms with Crippen LogP contribution in [0.1, 0.15) is 20.8 Å². The molecule has 0 bridgehead atoms. The van der Waals surface area contributed by atoms with Crippen LogP contribution in [0.4, 0.5) is 0 Å². The molecule has 0 aromatic carbocycles. The molecule has 3 aliphatic rings. The molecule has 0 aromatic heterocycles. The first-order valence-corrected chi connectivity index (χ1v) is 14.4. The van der Waals surface area contributed by atoms with E-state index in [9.17, 15) is 58.9 Å². The molecule has 0 unspecified atom stereocenters. The number of hydrogen-bond donors (Lipinski definition) is 11. The van der Waals surface area contributed by atoms with Crippen LogP contribution in [0.5, 0.6) is 0 Å². The summed E-state index contributed by atoms with van der Waals surface area (Å²) >= 11 is 0. The van der Waals surface area contributed by atoms with Crippen LogP contribution in [-0.2, 0) is 43.1 Å². The first-order valence-electron chi connectivity index (χ1n) is 13.0. The Labute approximate surface area is 245 Å². The largest absolute Gasteiger partial charge is 0.397 e. The van der Waals surface area contributed by atoms with E-state index in [0.717, 1.165) is 13.8 Å². The highest BCUT2D eigenvalue weighted by atomic mass is 32.3. The van der Waals surface area contributed by atoms with Gasteiger partial charge in [-0.1, -0.05) is 0 Å². The van der Waals surface area contributed by atoms with E-state index < -0.39 is 127 Å². The van der Waals surface area contributed by atoms with E-state index in [4.69, 9.17) is 23.5 Å². The zero-order chi connectivity index (χ0) is 32.6. The second kappa shape index (κ2) is 13.8. The summed E-state index contributed by atoms with van der Waals surface area (Å²) in [6.45, 7) is 1.29. The standard InChI is InChI=1S/C22H38N2O18S/c1-6-11(29)13(31)14(32)19(38-6)22(34)17(23-7(2)27)20(24-8(3)28)39-10(5-26)18(22)41-21-15(33)16(42-43(35,36)37)12(30)9(4-25)40-21/h6,9-21,25-26,29-34H,4-5H2,1-3H3,(H,23,27)(H,24,28)(H,35,36,37)/t6-,9+,10+,11+,12-,13+,14-,15+,16-,17-,18+,19+,20+,21-,22+/m0/s1. The number of carbonyl (C=O) groups is 2. The molecule has 0 spiro atoms. The Kier molecular flexibility index (Phi) is 11.5. The molecule has 20 nitrogen and oxygen atoms in total. The zero-order valence-corrected chi connectivity index (χ0v) is 23.9. The quantitative estimate of drug-likeness (QED) is 0.103. The summed E-state index contributed by atoms with van der Waals surface area (Å²) in [6, 6.07) is -1.83. The molecule has 3 rings (SSSR count). The minimum absolute atomic E-state index is 0.747. The van der Waals surface area contributed by atoms with E-state index in [2.05, 4.69) is 14.8 Å². The Bertz CT molecular complexity index is 1100. The van der Waals surface area contributed by atoms with Crippen LogP contribution >= 0.6 is 0 Å². The first kappa shape index (κ1) is 35.8. The van der Waals surface area contributed by atoms with Gasteiger partial charge in [-0.25, -0.2) is 4.18 Å². The Hall–Kier alpha value is -1.67. The molecule has 2 amide bonds. The SMILES string of the molecule is CC(=O)N[C@@H]1O[C@H](CO)[C@@H](O[C@@H]2O[C@H](CO)[C@H](O)[C@H](OS(=O)(=O)O)[C@H]2O)[C@@](O)([C@@H]2O[C@@H](C)[C@@H](O)[C@@H](O)[C@@H]2O)[C@H]1NC(C)=O. The van der Waals surface area contributed by atoms with E-state index >= 15 is 0 Å². The van der Waals surface area contributed by atoms with Gasteiger partial charge in [-0.15, -0.1) is 0 Å². The van der Waals surface area contributed by atoms with E-state index in [1.165, 1.54) is 6.92 Å². The normalized spacial score (nSPS) is 45.8. The smallest absolute Gasteiger partial charge is 0.394 e. The molecule has 11 N–H and O–H groups in total. The van der Waals surface area contributed by atoms with Crippen LogP contribution in [0.15, 0.2) is 0 Å². The molecule has 3 saturated heterocycles. The fourth-order valence-electron chi connectivity index (χ4n) is 5.46. The molecular formula is C22H38N2O18S. The van der Waals surface area contributed by atoms with Crippen LogP contribution < -0.4 is 10.6 Å². The Balaban J connectivity index is 2.16. The topological polar surface area (TPSA) is 321 Å². The van der Waals surface area contributed by atoms with Gasteiger partial charge in [-0.05, 0) is 6.92 Å². The van der Waals surface area contributed by atoms with Gasteiger partial charge < -0.3 is 70.4 Å². The molecule has 3 aliphatic heterocycles. The Morgan fingerprint density at radius 3 is 1.93 bits per heavy atom. The van der Waals surface area contributed by atoms with E-state index in [1.807, 2.05) is 0 Å². The van der Waals surface area contributed by atoms with Crippen molar-refractivity contribution < 1.29 is 86.5 Å². The van der Waals surface area contributed by atoms with Gasteiger partial charge in [0, 0.05) is 13.8 Å². The van der Waals surface area contributed by atoms with E-state index in [-0.39, 0.29) is 0 Å². The molecule has 0 aromatic rings. The number of carbonyl (C=O) groups excluding carboxylic acids is 2. The average Bonchev–Trinajstić information content (AvgIpc) is 2.91. The maximum atomic E-state index is 12.4. The minimum atomic E-state index is -5.32. The van der Waals surface area contributed by atoms with Crippen LogP contribution in [0.25, 0.3) is 0 Å². The number of rotatable bonds is 9. The summed E-state index contributed by atoms with van der Waals surface area (Å²) < 4.78 is 58.8. The Morgan fingerprint density at radius 2 is 1.42 bits per heavy atom. The second-order valence-electron chi connectivity index (χ2n) is 10.5. The summed E-state index contributed by atoms with van der Waals surface area (Å²) in [5.74, 6) is -1.58. The van der Waals surface area contributed by atoms with Crippen LogP contribution in [0.3, 0.4) is 0 Å². The third kappa shape index (κ3) is 7.43. The van der Waals surface area contributed by atoms with Gasteiger partial charge in [-0.2, -0.15) is 8.42 Å². The monoisotopic (exact) mass is 650 g/mol. The van der Waals surface area contributed by atoms with Gasteiger partial charge in [-0.3, -0.25) is 14.1 Å². The fraction of sp³-hybridized carbons (Fsp3) is 0.909. The molecule has 250 valence electrons. The van der Waals surface area contributed by atoms with Crippen molar-refractivity contribution in [2.24, 2.45) is 0 Å². The van der Waals surface area contributed by atoms with Crippen LogP contribution in [-0.4, -0.2) is 170 Å². The molecule has 0 saturated carbocycles. The van der Waals surface area contributed by atoms with Crippen molar-refractivity contribution >= 4 is 22.2 Å². The number of hydrogen-bond acceptors (Lipinski definition) is 17. The maximum Gasteiger partial charge on any atom is 0.397 e. The van der Waals surface area contributed by atoms with Gasteiger partial charge >= 0.3 is 10.4 Å². The number of ether oxygens (including phenoxy) is 4. The molecule has 43 heavy (non-hydrogen) atoms. The van der Waals surface area contributed by atoms with E-state index in [1.54, 1.807) is 0 Å². The summed E-state index contributed by atoms with van der Waals surface area (Å²) in [6.07, 6.45) is -25.0. The summed E-state index contributed by atoms with van der Waals surface area (Å²) in [5.41, 5.74) is -2.87. The van der Waals surface area contributed by atoms with Crippen molar-refractivity contribution in [3.8, 4) is 0 Å². The lowest BCUT2D eigenvalue weighted by molar-refractivity contribution is -0.371. The predicted molar refractivity (Wildman–Crippen MR) is 134 cm³/mol. The first-order chi connectivity index (χ1) is 19.9. The third-order valence-corrected chi connectivity index (χ3v) is 7.91. The highest BCUT2D eigenvalue weighted by molar-refractivity contribution is 7.80. The predicted octanol–water partition coefficient (Wildman–Crippen LogP) is -7.04. The maximum absolute atomic E-state index is 12.4. The zero-order valence-electron chi connectivity index (χ0n) is 23.1. The Morgan fingerprint density at radius 1 is 0.837 bits per heavy atom. The molecule has 3 fully saturated rings. The lowest BCUT2D eigenvalue weighted by Gasteiger charge is -2.57. The lowest BCUT2D eigenvalue weighted by Crippen LogP contribution is -2.82. The van der Waals surface area contributed by atoms with Gasteiger partial charge in [0.25, 0.3) is 0 Å². The molecule has 15 atom stereocenters. The van der Waals surface area contributed by atoms with Gasteiger partial charge in [0.2, 0.25) is 11.8 Å². The number of aliphatic hydroxyl groups is 8. The number of aliphatic hydroxyl groups excluding tert-OH is 7. The average molecular weight is 651 g/mol. The van der Waals surface area contributed by atoms with Crippen molar-refractivity contribution in [3.63, 3.8) is 0 Å². The molecule has 3 heterocycles. The molecule has 0 aliphatic carbocycles. The van der Waals surface area contributed by atoms with Gasteiger partial charge in [0.05, 0.1) is 19.3 Å². The van der Waals surface area contributed by atoms with Crippen molar-refractivity contribution in [3.05, 3.63) is 0 Å². The lowest BCUT2D eigenvalue weighted by atomic mass is 9.72. The van der Waals surface area contributed by atoms with Crippen molar-refractivity contribution in [2.45, 2.75) is 112 Å². The van der Waals surface area contributed by atoms with E-state index in [0.29, 0.717) is 0 Å².